The third kappa shape index (κ3) is 2.26. The van der Waals surface area contributed by atoms with Gasteiger partial charge in [0.25, 0.3) is 0 Å². The first-order chi connectivity index (χ1) is 9.50. The first kappa shape index (κ1) is 13.4. The molecule has 108 valence electrons. The second kappa shape index (κ2) is 4.73. The average molecular weight is 294 g/mol. The van der Waals surface area contributed by atoms with E-state index in [9.17, 15) is 8.42 Å². The molecule has 0 bridgehead atoms. The molecule has 1 fully saturated rings. The van der Waals surface area contributed by atoms with E-state index in [1.165, 1.54) is 0 Å². The lowest BCUT2D eigenvalue weighted by atomic mass is 10.4. The molecule has 0 aromatic carbocycles. The number of anilines is 1. The van der Waals surface area contributed by atoms with E-state index in [4.69, 9.17) is 0 Å². The molecule has 1 aromatic heterocycles. The van der Waals surface area contributed by atoms with Crippen LogP contribution in [0.2, 0.25) is 0 Å². The summed E-state index contributed by atoms with van der Waals surface area (Å²) in [4.78, 5) is 5.98. The number of hydrogen-bond acceptors (Lipinski definition) is 5. The highest BCUT2D eigenvalue weighted by Crippen LogP contribution is 2.37. The van der Waals surface area contributed by atoms with Gasteiger partial charge in [-0.05, 0) is 32.8 Å². The van der Waals surface area contributed by atoms with E-state index in [0.29, 0.717) is 18.4 Å². The van der Waals surface area contributed by atoms with Crippen molar-refractivity contribution in [1.29, 1.82) is 0 Å². The van der Waals surface area contributed by atoms with Gasteiger partial charge in [0.05, 0.1) is 17.5 Å². The summed E-state index contributed by atoms with van der Waals surface area (Å²) in [6.45, 7) is 3.78. The molecule has 0 spiro atoms. The van der Waals surface area contributed by atoms with Crippen molar-refractivity contribution < 1.29 is 8.42 Å². The summed E-state index contributed by atoms with van der Waals surface area (Å²) in [6, 6.07) is 0.349. The van der Waals surface area contributed by atoms with E-state index in [-0.39, 0.29) is 5.03 Å². The molecule has 2 aliphatic rings. The molecule has 0 atom stereocenters. The normalized spacial score (nSPS) is 19.1. The highest BCUT2D eigenvalue weighted by molar-refractivity contribution is 7.92. The van der Waals surface area contributed by atoms with Gasteiger partial charge in [-0.1, -0.05) is 0 Å². The third-order valence-electron chi connectivity index (χ3n) is 3.49. The Hall–Kier alpha value is -1.63. The summed E-state index contributed by atoms with van der Waals surface area (Å²) in [5.41, 5.74) is 0.624. The second-order valence-electron chi connectivity index (χ2n) is 5.41. The molecule has 6 nitrogen and oxygen atoms in total. The molecule has 1 saturated carbocycles. The van der Waals surface area contributed by atoms with Crippen LogP contribution in [0.4, 0.5) is 5.69 Å². The van der Waals surface area contributed by atoms with Crippen LogP contribution in [-0.2, 0) is 9.84 Å². The Bertz CT molecular complexity index is 669. The van der Waals surface area contributed by atoms with Gasteiger partial charge < -0.3 is 4.90 Å². The fourth-order valence-electron chi connectivity index (χ4n) is 2.06. The zero-order valence-corrected chi connectivity index (χ0v) is 12.4. The number of hydrogen-bond donors (Lipinski definition) is 0. The van der Waals surface area contributed by atoms with Crippen LogP contribution in [0.3, 0.4) is 0 Å². The van der Waals surface area contributed by atoms with Crippen molar-refractivity contribution in [2.75, 3.05) is 11.6 Å². The van der Waals surface area contributed by atoms with Crippen LogP contribution in [0.25, 0.3) is 0 Å². The van der Waals surface area contributed by atoms with Gasteiger partial charge in [-0.3, -0.25) is 9.67 Å². The van der Waals surface area contributed by atoms with E-state index < -0.39 is 15.1 Å². The maximum absolute atomic E-state index is 12.5. The first-order valence-corrected chi connectivity index (χ1v) is 8.31. The van der Waals surface area contributed by atoms with Crippen molar-refractivity contribution in [3.05, 3.63) is 18.5 Å². The Kier molecular flexibility index (Phi) is 3.16. The standard InChI is InChI=1S/C13H18N4O2S/c1-10(2)20(18,19)13-12(16-7-3-6-14-9-16)8-17(15-13)11-4-5-11/h3,6-8,10-11H,4-5,9H2,1-2H3. The van der Waals surface area contributed by atoms with Gasteiger partial charge in [-0.25, -0.2) is 8.42 Å². The maximum atomic E-state index is 12.5. The van der Waals surface area contributed by atoms with Crippen LogP contribution < -0.4 is 4.90 Å². The number of rotatable bonds is 4. The van der Waals surface area contributed by atoms with E-state index in [1.807, 2.05) is 17.3 Å². The monoisotopic (exact) mass is 294 g/mol. The summed E-state index contributed by atoms with van der Waals surface area (Å²) in [6.07, 6.45) is 9.30. The van der Waals surface area contributed by atoms with Gasteiger partial charge in [0.1, 0.15) is 12.4 Å². The largest absolute Gasteiger partial charge is 0.324 e. The molecule has 1 aliphatic heterocycles. The lowest BCUT2D eigenvalue weighted by molar-refractivity contribution is 0.571. The molecule has 7 heteroatoms. The van der Waals surface area contributed by atoms with Crippen molar-refractivity contribution in [2.24, 2.45) is 4.99 Å². The van der Waals surface area contributed by atoms with Crippen molar-refractivity contribution >= 4 is 21.7 Å². The molecule has 0 unspecified atom stereocenters. The number of sulfone groups is 1. The van der Waals surface area contributed by atoms with Crippen LogP contribution in [-0.4, -0.2) is 36.3 Å². The topological polar surface area (TPSA) is 67.6 Å². The van der Waals surface area contributed by atoms with Crippen molar-refractivity contribution in [2.45, 2.75) is 43.0 Å². The highest BCUT2D eigenvalue weighted by Gasteiger charge is 2.32. The van der Waals surface area contributed by atoms with E-state index in [1.54, 1.807) is 30.8 Å². The smallest absolute Gasteiger partial charge is 0.201 e. The number of allylic oxidation sites excluding steroid dienone is 1. The van der Waals surface area contributed by atoms with Crippen LogP contribution in [0, 0.1) is 0 Å². The first-order valence-electron chi connectivity index (χ1n) is 6.76. The zero-order chi connectivity index (χ0) is 14.3. The second-order valence-corrected chi connectivity index (χ2v) is 7.83. The number of aromatic nitrogens is 2. The fraction of sp³-hybridized carbons (Fsp3) is 0.538. The minimum absolute atomic E-state index is 0.168. The van der Waals surface area contributed by atoms with Crippen molar-refractivity contribution in [3.63, 3.8) is 0 Å². The van der Waals surface area contributed by atoms with Crippen LogP contribution in [0.1, 0.15) is 32.7 Å². The van der Waals surface area contributed by atoms with Crippen LogP contribution in [0.5, 0.6) is 0 Å². The SMILES string of the molecule is CC(C)S(=O)(=O)c1nn(C2CC2)cc1N1C=CC=NC1. The molecule has 1 aliphatic carbocycles. The molecule has 3 rings (SSSR count). The van der Waals surface area contributed by atoms with Crippen LogP contribution >= 0.6 is 0 Å². The molecule has 0 radical (unpaired) electrons. The van der Waals surface area contributed by atoms with Gasteiger partial charge in [-0.2, -0.15) is 5.10 Å². The summed E-state index contributed by atoms with van der Waals surface area (Å²) in [5, 5.41) is 4.02. The number of nitrogens with zero attached hydrogens (tertiary/aromatic N) is 4. The van der Waals surface area contributed by atoms with Gasteiger partial charge in [0.2, 0.25) is 14.9 Å². The van der Waals surface area contributed by atoms with E-state index in [2.05, 4.69) is 10.1 Å². The van der Waals surface area contributed by atoms with Gasteiger partial charge in [0.15, 0.2) is 0 Å². The fourth-order valence-corrected chi connectivity index (χ4v) is 3.17. The molecule has 0 amide bonds. The quantitative estimate of drug-likeness (QED) is 0.848. The van der Waals surface area contributed by atoms with E-state index in [0.717, 1.165) is 12.8 Å². The highest BCUT2D eigenvalue weighted by atomic mass is 32.2. The zero-order valence-electron chi connectivity index (χ0n) is 11.6. The Balaban J connectivity index is 2.07. The maximum Gasteiger partial charge on any atom is 0.201 e. The molecule has 20 heavy (non-hydrogen) atoms. The Morgan fingerprint density at radius 3 is 2.65 bits per heavy atom. The Labute approximate surface area is 118 Å². The van der Waals surface area contributed by atoms with Gasteiger partial charge in [-0.15, -0.1) is 0 Å². The number of aliphatic imine (C=N–C) groups is 1. The minimum Gasteiger partial charge on any atom is -0.324 e. The van der Waals surface area contributed by atoms with Crippen LogP contribution in [0.15, 0.2) is 28.5 Å². The summed E-state index contributed by atoms with van der Waals surface area (Å²) in [7, 11) is -3.40. The molecule has 0 saturated heterocycles. The molecular weight excluding hydrogens is 276 g/mol. The molecule has 1 aromatic rings. The lowest BCUT2D eigenvalue weighted by Gasteiger charge is -2.19. The minimum atomic E-state index is -3.40. The lowest BCUT2D eigenvalue weighted by Crippen LogP contribution is -2.22. The Morgan fingerprint density at radius 1 is 1.35 bits per heavy atom. The Morgan fingerprint density at radius 2 is 2.10 bits per heavy atom. The van der Waals surface area contributed by atoms with Crippen molar-refractivity contribution in [3.8, 4) is 0 Å². The third-order valence-corrected chi connectivity index (χ3v) is 5.56. The van der Waals surface area contributed by atoms with Gasteiger partial charge in [0, 0.05) is 12.4 Å². The molecule has 0 N–H and O–H groups in total. The van der Waals surface area contributed by atoms with Crippen molar-refractivity contribution in [1.82, 2.24) is 9.78 Å². The summed E-state index contributed by atoms with van der Waals surface area (Å²) < 4.78 is 26.8. The summed E-state index contributed by atoms with van der Waals surface area (Å²) >= 11 is 0. The average Bonchev–Trinajstić information content (AvgIpc) is 3.18. The molecular formula is C13H18N4O2S. The molecule has 2 heterocycles. The van der Waals surface area contributed by atoms with E-state index >= 15 is 0 Å². The predicted octanol–water partition coefficient (Wildman–Crippen LogP) is 1.76. The summed E-state index contributed by atoms with van der Waals surface area (Å²) in [5.74, 6) is 0. The predicted molar refractivity (Wildman–Crippen MR) is 77.8 cm³/mol. The van der Waals surface area contributed by atoms with Gasteiger partial charge >= 0.3 is 0 Å².